The number of rotatable bonds is 5. The number of hydrogen-bond acceptors (Lipinski definition) is 6. The van der Waals surface area contributed by atoms with Crippen molar-refractivity contribution >= 4 is 38.1 Å². The highest BCUT2D eigenvalue weighted by molar-refractivity contribution is 7.93. The second-order valence-electron chi connectivity index (χ2n) is 8.39. The Balaban J connectivity index is 1.36. The van der Waals surface area contributed by atoms with Gasteiger partial charge in [-0.05, 0) is 59.5 Å². The number of carbonyl (C=O) groups is 1. The van der Waals surface area contributed by atoms with E-state index >= 15 is 0 Å². The maximum absolute atomic E-state index is 13.6. The molecule has 0 aliphatic carbocycles. The van der Waals surface area contributed by atoms with Crippen LogP contribution in [0.25, 0.3) is 10.8 Å². The molecule has 6 rings (SSSR count). The van der Waals surface area contributed by atoms with E-state index in [1.165, 1.54) is 9.31 Å². The number of hydrazone groups is 1. The zero-order valence-electron chi connectivity index (χ0n) is 18.8. The summed E-state index contributed by atoms with van der Waals surface area (Å²) < 4.78 is 38.7. The molecular weight excluding hydrogens is 466 g/mol. The van der Waals surface area contributed by atoms with Crippen LogP contribution >= 0.6 is 0 Å². The maximum atomic E-state index is 13.6. The number of furan rings is 1. The van der Waals surface area contributed by atoms with E-state index in [2.05, 4.69) is 5.10 Å². The van der Waals surface area contributed by atoms with Gasteiger partial charge in [0.05, 0.1) is 29.7 Å². The molecule has 0 saturated carbocycles. The summed E-state index contributed by atoms with van der Waals surface area (Å²) in [6, 6.07) is 21.0. The molecule has 0 bridgehead atoms. The van der Waals surface area contributed by atoms with Crippen molar-refractivity contribution in [2.45, 2.75) is 17.4 Å². The minimum absolute atomic E-state index is 0.213. The molecule has 1 aromatic heterocycles. The van der Waals surface area contributed by atoms with Crippen LogP contribution in [0.2, 0.25) is 0 Å². The highest BCUT2D eigenvalue weighted by atomic mass is 32.2. The van der Waals surface area contributed by atoms with Crippen LogP contribution in [0, 0.1) is 0 Å². The van der Waals surface area contributed by atoms with Crippen LogP contribution in [0.4, 0.5) is 5.69 Å². The van der Waals surface area contributed by atoms with Crippen LogP contribution in [-0.4, -0.2) is 38.7 Å². The van der Waals surface area contributed by atoms with Gasteiger partial charge in [-0.2, -0.15) is 5.10 Å². The third kappa shape index (κ3) is 3.38. The molecule has 0 saturated heterocycles. The monoisotopic (exact) mass is 487 g/mol. The van der Waals surface area contributed by atoms with Crippen LogP contribution in [0.15, 0.2) is 93.5 Å². The summed E-state index contributed by atoms with van der Waals surface area (Å²) in [5.74, 6) is 0.861. The first-order chi connectivity index (χ1) is 17.0. The highest BCUT2D eigenvalue weighted by Crippen LogP contribution is 2.42. The normalized spacial score (nSPS) is 18.2. The summed E-state index contributed by atoms with van der Waals surface area (Å²) in [5.41, 5.74) is 2.06. The molecule has 176 valence electrons. The van der Waals surface area contributed by atoms with E-state index in [-0.39, 0.29) is 11.4 Å². The van der Waals surface area contributed by atoms with Crippen molar-refractivity contribution in [3.8, 4) is 5.75 Å². The van der Waals surface area contributed by atoms with Crippen molar-refractivity contribution in [3.05, 3.63) is 90.4 Å². The topological polar surface area (TPSA) is 92.4 Å². The lowest BCUT2D eigenvalue weighted by atomic mass is 10.0. The fourth-order valence-electron chi connectivity index (χ4n) is 4.72. The quantitative estimate of drug-likeness (QED) is 0.418. The molecule has 1 unspecified atom stereocenters. The van der Waals surface area contributed by atoms with Gasteiger partial charge in [0.25, 0.3) is 15.9 Å². The van der Waals surface area contributed by atoms with Gasteiger partial charge < -0.3 is 9.15 Å². The maximum Gasteiger partial charge on any atom is 0.265 e. The Morgan fingerprint density at radius 2 is 1.83 bits per heavy atom. The molecule has 2 aliphatic rings. The zero-order chi connectivity index (χ0) is 24.2. The Bertz CT molecular complexity index is 1570. The fourth-order valence-corrected chi connectivity index (χ4v) is 6.38. The largest absolute Gasteiger partial charge is 0.497 e. The molecule has 0 N–H and O–H groups in total. The van der Waals surface area contributed by atoms with Crippen LogP contribution in [0.5, 0.6) is 5.75 Å². The number of methoxy groups -OCH3 is 1. The third-order valence-corrected chi connectivity index (χ3v) is 8.22. The minimum Gasteiger partial charge on any atom is -0.497 e. The summed E-state index contributed by atoms with van der Waals surface area (Å²) in [6.45, 7) is -0.368. The Hall–Kier alpha value is -4.11. The van der Waals surface area contributed by atoms with Crippen LogP contribution in [0.1, 0.15) is 23.8 Å². The number of carbonyl (C=O) groups excluding carboxylic acids is 1. The summed E-state index contributed by atoms with van der Waals surface area (Å²) in [7, 11) is -2.27. The predicted molar refractivity (Wildman–Crippen MR) is 131 cm³/mol. The number of anilines is 1. The summed E-state index contributed by atoms with van der Waals surface area (Å²) in [4.78, 5) is 13.8. The predicted octanol–water partition coefficient (Wildman–Crippen LogP) is 4.33. The Kier molecular flexibility index (Phi) is 4.89. The lowest BCUT2D eigenvalue weighted by Gasteiger charge is -2.24. The van der Waals surface area contributed by atoms with E-state index in [1.807, 2.05) is 36.4 Å². The molecule has 4 aromatic rings. The van der Waals surface area contributed by atoms with Crippen LogP contribution in [0.3, 0.4) is 0 Å². The first-order valence-electron chi connectivity index (χ1n) is 11.1. The molecule has 35 heavy (non-hydrogen) atoms. The van der Waals surface area contributed by atoms with Crippen LogP contribution < -0.4 is 9.04 Å². The van der Waals surface area contributed by atoms with Gasteiger partial charge in [-0.3, -0.25) is 9.10 Å². The highest BCUT2D eigenvalue weighted by Gasteiger charge is 2.40. The van der Waals surface area contributed by atoms with Gasteiger partial charge in [0, 0.05) is 11.8 Å². The van der Waals surface area contributed by atoms with Crippen molar-refractivity contribution in [2.24, 2.45) is 5.10 Å². The Morgan fingerprint density at radius 3 is 2.54 bits per heavy atom. The number of benzene rings is 3. The average Bonchev–Trinajstić information content (AvgIpc) is 3.60. The third-order valence-electron chi connectivity index (χ3n) is 6.42. The molecule has 1 amide bonds. The number of hydrogen-bond donors (Lipinski definition) is 0. The number of nitrogens with zero attached hydrogens (tertiary/aromatic N) is 3. The van der Waals surface area contributed by atoms with E-state index < -0.39 is 22.0 Å². The lowest BCUT2D eigenvalue weighted by Crippen LogP contribution is -2.39. The molecule has 0 spiro atoms. The second-order valence-corrected chi connectivity index (χ2v) is 10.2. The molecule has 0 radical (unpaired) electrons. The van der Waals surface area contributed by atoms with Crippen molar-refractivity contribution in [1.82, 2.24) is 5.01 Å². The van der Waals surface area contributed by atoms with E-state index in [0.717, 1.165) is 16.7 Å². The fraction of sp³-hybridized carbons (Fsp3) is 0.154. The summed E-state index contributed by atoms with van der Waals surface area (Å²) in [5, 5.41) is 7.41. The SMILES string of the molecule is COc1ccc(C2=NN(C(=O)CN3c4cccc5cccc(c45)S3(=O)=O)C(c3ccco3)C2)cc1. The summed E-state index contributed by atoms with van der Waals surface area (Å²) >= 11 is 0. The van der Waals surface area contributed by atoms with Gasteiger partial charge in [0.15, 0.2) is 0 Å². The van der Waals surface area contributed by atoms with Crippen molar-refractivity contribution in [2.75, 3.05) is 18.0 Å². The van der Waals surface area contributed by atoms with E-state index in [1.54, 1.807) is 49.8 Å². The molecule has 8 nitrogen and oxygen atoms in total. The summed E-state index contributed by atoms with van der Waals surface area (Å²) in [6.07, 6.45) is 1.99. The van der Waals surface area contributed by atoms with Gasteiger partial charge in [-0.1, -0.05) is 24.3 Å². The smallest absolute Gasteiger partial charge is 0.265 e. The van der Waals surface area contributed by atoms with E-state index in [9.17, 15) is 13.2 Å². The van der Waals surface area contributed by atoms with E-state index in [0.29, 0.717) is 29.0 Å². The lowest BCUT2D eigenvalue weighted by molar-refractivity contribution is -0.131. The van der Waals surface area contributed by atoms with Gasteiger partial charge >= 0.3 is 0 Å². The molecule has 0 fully saturated rings. The molecule has 3 heterocycles. The van der Waals surface area contributed by atoms with Gasteiger partial charge in [0.2, 0.25) is 0 Å². The molecule has 1 atom stereocenters. The number of sulfonamides is 1. The standard InChI is InChI=1S/C26H21N3O5S/c1-33-19-12-10-17(11-13-19)20-15-22(23-8-4-14-34-23)29(27-20)25(30)16-28-21-7-2-5-18-6-3-9-24(26(18)21)35(28,31)32/h2-14,22H,15-16H2,1H3. The first-order valence-corrected chi connectivity index (χ1v) is 12.5. The minimum atomic E-state index is -3.87. The molecule has 3 aromatic carbocycles. The number of amides is 1. The van der Waals surface area contributed by atoms with Crippen molar-refractivity contribution < 1.29 is 22.4 Å². The Morgan fingerprint density at radius 1 is 1.06 bits per heavy atom. The average molecular weight is 488 g/mol. The van der Waals surface area contributed by atoms with Gasteiger partial charge in [-0.15, -0.1) is 0 Å². The van der Waals surface area contributed by atoms with Crippen molar-refractivity contribution in [3.63, 3.8) is 0 Å². The molecule has 2 aliphatic heterocycles. The van der Waals surface area contributed by atoms with Gasteiger partial charge in [-0.25, -0.2) is 13.4 Å². The van der Waals surface area contributed by atoms with Crippen molar-refractivity contribution in [1.29, 1.82) is 0 Å². The molecule has 9 heteroatoms. The number of ether oxygens (including phenoxy) is 1. The van der Waals surface area contributed by atoms with Gasteiger partial charge in [0.1, 0.15) is 24.1 Å². The first kappa shape index (κ1) is 21.4. The zero-order valence-corrected chi connectivity index (χ0v) is 19.6. The van der Waals surface area contributed by atoms with Crippen LogP contribution in [-0.2, 0) is 14.8 Å². The second kappa shape index (κ2) is 7.99. The molecular formula is C26H21N3O5S. The van der Waals surface area contributed by atoms with E-state index in [4.69, 9.17) is 9.15 Å². The Labute approximate surface area is 202 Å².